The molecule has 0 fully saturated rings. The van der Waals surface area contributed by atoms with Crippen LogP contribution in [0.15, 0.2) is 18.2 Å². The highest BCUT2D eigenvalue weighted by Gasteiger charge is 2.20. The number of rotatable bonds is 4. The molecule has 0 spiro atoms. The number of carbonyl (C=O) groups excluding carboxylic acids is 1. The Labute approximate surface area is 110 Å². The summed E-state index contributed by atoms with van der Waals surface area (Å²) in [5.74, 6) is 0.261. The van der Waals surface area contributed by atoms with Gasteiger partial charge in [0.1, 0.15) is 6.04 Å². The molecule has 2 nitrogen and oxygen atoms in total. The van der Waals surface area contributed by atoms with E-state index in [-0.39, 0.29) is 11.8 Å². The number of hydrogen-bond acceptors (Lipinski definition) is 1. The second-order valence-electron chi connectivity index (χ2n) is 5.78. The van der Waals surface area contributed by atoms with Crippen LogP contribution < -0.4 is 5.32 Å². The van der Waals surface area contributed by atoms with E-state index in [0.717, 1.165) is 12.0 Å². The summed E-state index contributed by atoms with van der Waals surface area (Å²) in [7, 11) is 0. The van der Waals surface area contributed by atoms with E-state index in [1.54, 1.807) is 0 Å². The van der Waals surface area contributed by atoms with Crippen LogP contribution in [-0.2, 0) is 12.8 Å². The van der Waals surface area contributed by atoms with Crippen molar-refractivity contribution in [3.05, 3.63) is 34.9 Å². The fourth-order valence-corrected chi connectivity index (χ4v) is 2.81. The zero-order valence-electron chi connectivity index (χ0n) is 11.7. The summed E-state index contributed by atoms with van der Waals surface area (Å²) in [6, 6.07) is 6.77. The number of benzene rings is 1. The summed E-state index contributed by atoms with van der Waals surface area (Å²) in [5, 5.41) is 2.13. The Bertz CT molecular complexity index is 437. The van der Waals surface area contributed by atoms with Crippen LogP contribution in [0.4, 0.5) is 0 Å². The number of aryl methyl sites for hydroxylation is 2. The highest BCUT2D eigenvalue weighted by Crippen LogP contribution is 2.22. The number of ketones is 1. The molecule has 0 unspecified atom stereocenters. The quantitative estimate of drug-likeness (QED) is 0.811. The van der Waals surface area contributed by atoms with Crippen molar-refractivity contribution in [2.75, 3.05) is 0 Å². The van der Waals surface area contributed by atoms with Crippen LogP contribution >= 0.6 is 0 Å². The number of quaternary nitrogens is 1. The molecule has 1 aromatic rings. The lowest BCUT2D eigenvalue weighted by molar-refractivity contribution is -0.699. The van der Waals surface area contributed by atoms with Crippen molar-refractivity contribution in [2.24, 2.45) is 0 Å². The predicted molar refractivity (Wildman–Crippen MR) is 73.9 cm³/mol. The van der Waals surface area contributed by atoms with Crippen LogP contribution in [0.2, 0.25) is 0 Å². The zero-order chi connectivity index (χ0) is 13.1. The Kier molecular flexibility index (Phi) is 4.18. The summed E-state index contributed by atoms with van der Waals surface area (Å²) in [6.07, 6.45) is 4.87. The fraction of sp³-hybridized carbons (Fsp3) is 0.562. The fourth-order valence-electron chi connectivity index (χ4n) is 2.81. The van der Waals surface area contributed by atoms with Gasteiger partial charge in [0.15, 0.2) is 0 Å². The minimum atomic E-state index is 0.0200. The van der Waals surface area contributed by atoms with Gasteiger partial charge in [0, 0.05) is 5.56 Å². The van der Waals surface area contributed by atoms with Gasteiger partial charge >= 0.3 is 0 Å². The van der Waals surface area contributed by atoms with Crippen molar-refractivity contribution in [2.45, 2.75) is 58.5 Å². The lowest BCUT2D eigenvalue weighted by Gasteiger charge is -2.17. The van der Waals surface area contributed by atoms with Crippen molar-refractivity contribution in [1.29, 1.82) is 0 Å². The van der Waals surface area contributed by atoms with Crippen LogP contribution in [0, 0.1) is 0 Å². The predicted octanol–water partition coefficient (Wildman–Crippen LogP) is 2.11. The maximum Gasteiger partial charge on any atom is 0.219 e. The van der Waals surface area contributed by atoms with E-state index in [2.05, 4.69) is 31.3 Å². The number of hydrogen-bond donors (Lipinski definition) is 1. The highest BCUT2D eigenvalue weighted by atomic mass is 16.1. The Hall–Kier alpha value is -1.15. The molecule has 0 amide bonds. The molecule has 0 saturated carbocycles. The number of Topliss-reactive ketones (excluding diaryl/α,β-unsaturated/α-hetero) is 1. The third-order valence-corrected chi connectivity index (χ3v) is 3.72. The monoisotopic (exact) mass is 246 g/mol. The molecule has 98 valence electrons. The molecule has 18 heavy (non-hydrogen) atoms. The molecule has 2 N–H and O–H groups in total. The van der Waals surface area contributed by atoms with Crippen LogP contribution in [0.25, 0.3) is 0 Å². The van der Waals surface area contributed by atoms with Crippen molar-refractivity contribution in [3.63, 3.8) is 0 Å². The summed E-state index contributed by atoms with van der Waals surface area (Å²) in [6.45, 7) is 6.25. The first kappa shape index (κ1) is 13.3. The van der Waals surface area contributed by atoms with Gasteiger partial charge in [-0.15, -0.1) is 0 Å². The van der Waals surface area contributed by atoms with Gasteiger partial charge in [-0.05, 0) is 63.6 Å². The van der Waals surface area contributed by atoms with E-state index in [1.807, 2.05) is 13.0 Å². The van der Waals surface area contributed by atoms with E-state index in [0.29, 0.717) is 6.04 Å². The molecule has 2 rings (SSSR count). The molecule has 1 aliphatic rings. The van der Waals surface area contributed by atoms with Gasteiger partial charge < -0.3 is 5.32 Å². The van der Waals surface area contributed by atoms with Gasteiger partial charge in [0.25, 0.3) is 0 Å². The lowest BCUT2D eigenvalue weighted by atomic mass is 9.89. The van der Waals surface area contributed by atoms with E-state index in [4.69, 9.17) is 0 Å². The molecular weight excluding hydrogens is 222 g/mol. The van der Waals surface area contributed by atoms with Crippen molar-refractivity contribution in [3.8, 4) is 0 Å². The molecule has 1 aromatic carbocycles. The minimum absolute atomic E-state index is 0.0200. The molecule has 0 aromatic heterocycles. The highest BCUT2D eigenvalue weighted by molar-refractivity contribution is 5.99. The summed E-state index contributed by atoms with van der Waals surface area (Å²) >= 11 is 0. The maximum atomic E-state index is 12.3. The minimum Gasteiger partial charge on any atom is -0.336 e. The maximum absolute atomic E-state index is 12.3. The van der Waals surface area contributed by atoms with Gasteiger partial charge in [-0.25, -0.2) is 0 Å². The van der Waals surface area contributed by atoms with Crippen LogP contribution in [0.3, 0.4) is 0 Å². The molecule has 0 heterocycles. The molecule has 1 aliphatic carbocycles. The average molecular weight is 246 g/mol. The zero-order valence-corrected chi connectivity index (χ0v) is 11.7. The van der Waals surface area contributed by atoms with Gasteiger partial charge in [-0.3, -0.25) is 4.79 Å². The molecule has 1 atom stereocenters. The van der Waals surface area contributed by atoms with Crippen molar-refractivity contribution < 1.29 is 10.1 Å². The normalized spacial score (nSPS) is 16.4. The van der Waals surface area contributed by atoms with Gasteiger partial charge in [0.2, 0.25) is 5.78 Å². The SMILES string of the molecule is CC(C)[NH2+][C@H](C)C(=O)c1ccc2c(c1)CCCC2. The first-order valence-corrected chi connectivity index (χ1v) is 7.09. The van der Waals surface area contributed by atoms with E-state index in [1.165, 1.54) is 30.4 Å². The summed E-state index contributed by atoms with van der Waals surface area (Å²) in [4.78, 5) is 12.3. The topological polar surface area (TPSA) is 33.7 Å². The molecule has 0 radical (unpaired) electrons. The second-order valence-corrected chi connectivity index (χ2v) is 5.78. The van der Waals surface area contributed by atoms with E-state index in [9.17, 15) is 4.79 Å². The molecule has 2 heteroatoms. The molecular formula is C16H24NO+. The standard InChI is InChI=1S/C16H23NO/c1-11(2)17-12(3)16(18)15-9-8-13-6-4-5-7-14(13)10-15/h8-12,17H,4-7H2,1-3H3/p+1/t12-/m1/s1. The Balaban J connectivity index is 2.15. The van der Waals surface area contributed by atoms with Gasteiger partial charge in [-0.2, -0.15) is 0 Å². The number of carbonyl (C=O) groups is 1. The largest absolute Gasteiger partial charge is 0.336 e. The first-order chi connectivity index (χ1) is 8.58. The van der Waals surface area contributed by atoms with Gasteiger partial charge in [-0.1, -0.05) is 12.1 Å². The third kappa shape index (κ3) is 2.99. The Morgan fingerprint density at radius 1 is 1.11 bits per heavy atom. The van der Waals surface area contributed by atoms with Crippen LogP contribution in [-0.4, -0.2) is 17.9 Å². The van der Waals surface area contributed by atoms with Crippen LogP contribution in [0.1, 0.15) is 55.1 Å². The first-order valence-electron chi connectivity index (χ1n) is 7.09. The second kappa shape index (κ2) is 5.66. The number of fused-ring (bicyclic) bond motifs is 1. The third-order valence-electron chi connectivity index (χ3n) is 3.72. The van der Waals surface area contributed by atoms with E-state index < -0.39 is 0 Å². The van der Waals surface area contributed by atoms with Crippen molar-refractivity contribution >= 4 is 5.78 Å². The Morgan fingerprint density at radius 3 is 2.44 bits per heavy atom. The van der Waals surface area contributed by atoms with Crippen LogP contribution in [0.5, 0.6) is 0 Å². The molecule has 0 aliphatic heterocycles. The summed E-state index contributed by atoms with van der Waals surface area (Å²) < 4.78 is 0. The Morgan fingerprint density at radius 2 is 1.78 bits per heavy atom. The number of nitrogens with two attached hydrogens (primary N) is 1. The van der Waals surface area contributed by atoms with Crippen molar-refractivity contribution in [1.82, 2.24) is 0 Å². The molecule has 0 bridgehead atoms. The molecule has 0 saturated heterocycles. The van der Waals surface area contributed by atoms with E-state index >= 15 is 0 Å². The summed E-state index contributed by atoms with van der Waals surface area (Å²) in [5.41, 5.74) is 3.72. The average Bonchev–Trinajstić information content (AvgIpc) is 2.36. The smallest absolute Gasteiger partial charge is 0.219 e. The van der Waals surface area contributed by atoms with Gasteiger partial charge in [0.05, 0.1) is 6.04 Å². The lowest BCUT2D eigenvalue weighted by Crippen LogP contribution is -2.94.